The molecule has 5 nitrogen and oxygen atoms in total. The summed E-state index contributed by atoms with van der Waals surface area (Å²) in [5.41, 5.74) is 2.95. The van der Waals surface area contributed by atoms with Gasteiger partial charge in [0.25, 0.3) is 5.56 Å². The highest BCUT2D eigenvalue weighted by atomic mass is 32.2. The predicted molar refractivity (Wildman–Crippen MR) is 104 cm³/mol. The maximum absolute atomic E-state index is 12.5. The average molecular weight is 370 g/mol. The molecule has 0 radical (unpaired) electrons. The fourth-order valence-corrected chi connectivity index (χ4v) is 3.79. The van der Waals surface area contributed by atoms with Crippen molar-refractivity contribution in [2.75, 3.05) is 0 Å². The molecule has 2 N–H and O–H groups in total. The summed E-state index contributed by atoms with van der Waals surface area (Å²) in [4.78, 5) is 15.2. The van der Waals surface area contributed by atoms with E-state index in [-0.39, 0.29) is 17.0 Å². The van der Waals surface area contributed by atoms with Gasteiger partial charge in [-0.15, -0.1) is 0 Å². The van der Waals surface area contributed by atoms with E-state index in [1.807, 2.05) is 37.3 Å². The fourth-order valence-electron chi connectivity index (χ4n) is 2.78. The van der Waals surface area contributed by atoms with E-state index >= 15 is 0 Å². The fraction of sp³-hybridized carbons (Fsp3) is 0.250. The van der Waals surface area contributed by atoms with Crippen LogP contribution in [-0.4, -0.2) is 13.4 Å². The predicted octanol–water partition coefficient (Wildman–Crippen LogP) is 3.44. The number of rotatable bonds is 5. The van der Waals surface area contributed by atoms with Crippen molar-refractivity contribution in [3.05, 3.63) is 75.6 Å². The lowest BCUT2D eigenvalue weighted by Gasteiger charge is -2.09. The molecule has 2 aromatic carbocycles. The van der Waals surface area contributed by atoms with Gasteiger partial charge in [0.1, 0.15) is 0 Å². The Morgan fingerprint density at radius 2 is 1.73 bits per heavy atom. The van der Waals surface area contributed by atoms with Gasteiger partial charge in [-0.3, -0.25) is 4.79 Å². The van der Waals surface area contributed by atoms with Crippen LogP contribution >= 0.6 is 0 Å². The molecule has 0 aliphatic carbocycles. The summed E-state index contributed by atoms with van der Waals surface area (Å²) < 4.78 is 27.5. The summed E-state index contributed by atoms with van der Waals surface area (Å²) in [5, 5.41) is 0.866. The minimum absolute atomic E-state index is 0.0621. The molecular weight excluding hydrogens is 348 g/mol. The molecule has 3 rings (SSSR count). The van der Waals surface area contributed by atoms with Crippen molar-refractivity contribution in [3.8, 4) is 0 Å². The quantitative estimate of drug-likeness (QED) is 0.722. The summed E-state index contributed by atoms with van der Waals surface area (Å²) in [6.45, 7) is 5.99. The van der Waals surface area contributed by atoms with Gasteiger partial charge in [0.2, 0.25) is 10.0 Å². The zero-order valence-electron chi connectivity index (χ0n) is 15.0. The summed E-state index contributed by atoms with van der Waals surface area (Å²) in [6.07, 6.45) is 0. The number of sulfonamides is 1. The topological polar surface area (TPSA) is 79.0 Å². The standard InChI is InChI=1S/C20H22N2O3S/c1-13(2)15-6-8-18(9-7-15)26(24,25)21-12-17-11-16-5-4-14(3)10-19(16)22-20(17)23/h4-11,13,21H,12H2,1-3H3,(H,22,23). The van der Waals surface area contributed by atoms with Crippen LogP contribution in [0.3, 0.4) is 0 Å². The van der Waals surface area contributed by atoms with Crippen LogP contribution < -0.4 is 10.3 Å². The van der Waals surface area contributed by atoms with Gasteiger partial charge in [-0.05, 0) is 53.6 Å². The molecule has 0 unspecified atom stereocenters. The highest BCUT2D eigenvalue weighted by molar-refractivity contribution is 7.89. The van der Waals surface area contributed by atoms with Gasteiger partial charge in [-0.2, -0.15) is 0 Å². The van der Waals surface area contributed by atoms with Crippen LogP contribution in [-0.2, 0) is 16.6 Å². The smallest absolute Gasteiger partial charge is 0.252 e. The first-order valence-electron chi connectivity index (χ1n) is 8.48. The Kier molecular flexibility index (Phi) is 4.98. The number of hydrogen-bond acceptors (Lipinski definition) is 3. The van der Waals surface area contributed by atoms with Gasteiger partial charge < -0.3 is 4.98 Å². The Morgan fingerprint density at radius 3 is 2.38 bits per heavy atom. The molecule has 0 aliphatic heterocycles. The Balaban J connectivity index is 1.83. The zero-order chi connectivity index (χ0) is 18.9. The van der Waals surface area contributed by atoms with Crippen molar-refractivity contribution in [1.29, 1.82) is 0 Å². The van der Waals surface area contributed by atoms with Gasteiger partial charge in [0.05, 0.1) is 4.90 Å². The van der Waals surface area contributed by atoms with Crippen molar-refractivity contribution in [2.45, 2.75) is 38.1 Å². The molecule has 136 valence electrons. The highest BCUT2D eigenvalue weighted by Gasteiger charge is 2.15. The number of H-pyrrole nitrogens is 1. The summed E-state index contributed by atoms with van der Waals surface area (Å²) in [5.74, 6) is 0.333. The second-order valence-electron chi connectivity index (χ2n) is 6.76. The van der Waals surface area contributed by atoms with E-state index in [0.717, 1.165) is 22.0 Å². The largest absolute Gasteiger partial charge is 0.322 e. The van der Waals surface area contributed by atoms with Crippen molar-refractivity contribution in [2.24, 2.45) is 0 Å². The Hall–Kier alpha value is -2.44. The molecular formula is C20H22N2O3S. The normalized spacial score (nSPS) is 12.0. The van der Waals surface area contributed by atoms with E-state index in [1.54, 1.807) is 18.2 Å². The molecule has 0 bridgehead atoms. The maximum Gasteiger partial charge on any atom is 0.252 e. The third-order valence-electron chi connectivity index (χ3n) is 4.39. The molecule has 0 amide bonds. The molecule has 0 saturated heterocycles. The van der Waals surface area contributed by atoms with Gasteiger partial charge in [-0.25, -0.2) is 13.1 Å². The van der Waals surface area contributed by atoms with Gasteiger partial charge in [0.15, 0.2) is 0 Å². The number of aromatic nitrogens is 1. The van der Waals surface area contributed by atoms with E-state index in [9.17, 15) is 13.2 Å². The van der Waals surface area contributed by atoms with Gasteiger partial charge >= 0.3 is 0 Å². The molecule has 1 aromatic heterocycles. The number of pyridine rings is 1. The zero-order valence-corrected chi connectivity index (χ0v) is 15.9. The van der Waals surface area contributed by atoms with E-state index in [0.29, 0.717) is 11.5 Å². The van der Waals surface area contributed by atoms with Gasteiger partial charge in [0, 0.05) is 17.6 Å². The van der Waals surface area contributed by atoms with Crippen LogP contribution in [0.2, 0.25) is 0 Å². The summed E-state index contributed by atoms with van der Waals surface area (Å²) in [6, 6.07) is 14.3. The second kappa shape index (κ2) is 7.05. The van der Waals surface area contributed by atoms with Crippen molar-refractivity contribution in [1.82, 2.24) is 9.71 Å². The highest BCUT2D eigenvalue weighted by Crippen LogP contribution is 2.18. The SMILES string of the molecule is Cc1ccc2cc(CNS(=O)(=O)c3ccc(C(C)C)cc3)c(=O)[nH]c2c1. The summed E-state index contributed by atoms with van der Waals surface area (Å²) >= 11 is 0. The molecule has 0 fully saturated rings. The number of hydrogen-bond donors (Lipinski definition) is 2. The van der Waals surface area contributed by atoms with E-state index in [2.05, 4.69) is 23.6 Å². The molecule has 1 heterocycles. The first-order valence-corrected chi connectivity index (χ1v) is 9.97. The van der Waals surface area contributed by atoms with Crippen LogP contribution in [0.4, 0.5) is 0 Å². The Bertz CT molecular complexity index is 1100. The third-order valence-corrected chi connectivity index (χ3v) is 5.81. The minimum Gasteiger partial charge on any atom is -0.322 e. The van der Waals surface area contributed by atoms with Crippen LogP contribution in [0, 0.1) is 6.92 Å². The van der Waals surface area contributed by atoms with E-state index < -0.39 is 10.0 Å². The number of aromatic amines is 1. The van der Waals surface area contributed by atoms with Gasteiger partial charge in [-0.1, -0.05) is 38.1 Å². The Morgan fingerprint density at radius 1 is 1.04 bits per heavy atom. The van der Waals surface area contributed by atoms with Crippen LogP contribution in [0.5, 0.6) is 0 Å². The number of nitrogens with one attached hydrogen (secondary N) is 2. The lowest BCUT2D eigenvalue weighted by Crippen LogP contribution is -2.27. The Labute approximate surface area is 153 Å². The lowest BCUT2D eigenvalue weighted by atomic mass is 10.0. The van der Waals surface area contributed by atoms with Crippen molar-refractivity contribution >= 4 is 20.9 Å². The third kappa shape index (κ3) is 3.86. The van der Waals surface area contributed by atoms with Crippen molar-refractivity contribution < 1.29 is 8.42 Å². The molecule has 3 aromatic rings. The molecule has 0 aliphatic rings. The molecule has 26 heavy (non-hydrogen) atoms. The van der Waals surface area contributed by atoms with E-state index in [1.165, 1.54) is 0 Å². The monoisotopic (exact) mass is 370 g/mol. The lowest BCUT2D eigenvalue weighted by molar-refractivity contribution is 0.581. The first-order chi connectivity index (χ1) is 12.3. The summed E-state index contributed by atoms with van der Waals surface area (Å²) in [7, 11) is -3.68. The molecule has 0 saturated carbocycles. The first kappa shape index (κ1) is 18.4. The van der Waals surface area contributed by atoms with Crippen LogP contribution in [0.1, 0.15) is 36.5 Å². The minimum atomic E-state index is -3.68. The molecule has 6 heteroatoms. The van der Waals surface area contributed by atoms with Crippen molar-refractivity contribution in [3.63, 3.8) is 0 Å². The number of aryl methyl sites for hydroxylation is 1. The maximum atomic E-state index is 12.5. The number of benzene rings is 2. The second-order valence-corrected chi connectivity index (χ2v) is 8.53. The molecule has 0 spiro atoms. The number of fused-ring (bicyclic) bond motifs is 1. The van der Waals surface area contributed by atoms with E-state index in [4.69, 9.17) is 0 Å². The average Bonchev–Trinajstić information content (AvgIpc) is 2.60. The van der Waals surface area contributed by atoms with Crippen LogP contribution in [0.15, 0.2) is 58.2 Å². The van der Waals surface area contributed by atoms with Crippen LogP contribution in [0.25, 0.3) is 10.9 Å². The molecule has 0 atom stereocenters.